The predicted octanol–water partition coefficient (Wildman–Crippen LogP) is -0.148. The third kappa shape index (κ3) is 3.74. The van der Waals surface area contributed by atoms with Gasteiger partial charge in [0.05, 0.1) is 24.8 Å². The van der Waals surface area contributed by atoms with E-state index in [1.54, 1.807) is 12.1 Å². The van der Waals surface area contributed by atoms with Crippen molar-refractivity contribution in [2.75, 3.05) is 39.5 Å². The first kappa shape index (κ1) is 11.9. The van der Waals surface area contributed by atoms with E-state index in [1.807, 2.05) is 12.1 Å². The molecule has 4 heteroatoms. The van der Waals surface area contributed by atoms with Gasteiger partial charge in [-0.05, 0) is 18.2 Å². The number of quaternary nitrogens is 1. The molecule has 1 N–H and O–H groups in total. The Hall–Kier alpha value is -1.57. The van der Waals surface area contributed by atoms with Gasteiger partial charge >= 0.3 is 0 Å². The summed E-state index contributed by atoms with van der Waals surface area (Å²) in [5.41, 5.74) is 0.640. The van der Waals surface area contributed by atoms with E-state index in [0.717, 1.165) is 38.6 Å². The maximum absolute atomic E-state index is 8.77. The van der Waals surface area contributed by atoms with Crippen molar-refractivity contribution in [3.63, 3.8) is 0 Å². The molecule has 2 rings (SSSR count). The van der Waals surface area contributed by atoms with Gasteiger partial charge < -0.3 is 14.4 Å². The Labute approximate surface area is 101 Å². The Morgan fingerprint density at radius 3 is 2.94 bits per heavy atom. The molecule has 1 aromatic rings. The smallest absolute Gasteiger partial charge is 0.137 e. The van der Waals surface area contributed by atoms with Crippen molar-refractivity contribution in [1.29, 1.82) is 5.26 Å². The zero-order valence-corrected chi connectivity index (χ0v) is 9.82. The summed E-state index contributed by atoms with van der Waals surface area (Å²) in [6.07, 6.45) is 0. The van der Waals surface area contributed by atoms with Crippen LogP contribution in [0.1, 0.15) is 5.56 Å². The van der Waals surface area contributed by atoms with Gasteiger partial charge in [-0.1, -0.05) is 6.07 Å². The van der Waals surface area contributed by atoms with E-state index in [1.165, 1.54) is 4.90 Å². The molecule has 1 aliphatic rings. The fourth-order valence-electron chi connectivity index (χ4n) is 1.88. The lowest BCUT2D eigenvalue weighted by atomic mass is 10.2. The summed E-state index contributed by atoms with van der Waals surface area (Å²) in [5, 5.41) is 8.77. The van der Waals surface area contributed by atoms with Crippen LogP contribution in [0, 0.1) is 11.3 Å². The summed E-state index contributed by atoms with van der Waals surface area (Å²) in [6.45, 7) is 5.48. The molecular formula is C13H17N2O2+. The summed E-state index contributed by atoms with van der Waals surface area (Å²) in [4.78, 5) is 1.52. The van der Waals surface area contributed by atoms with Gasteiger partial charge in [0.1, 0.15) is 32.0 Å². The van der Waals surface area contributed by atoms with Crippen LogP contribution in [0.3, 0.4) is 0 Å². The summed E-state index contributed by atoms with van der Waals surface area (Å²) < 4.78 is 10.9. The highest BCUT2D eigenvalue weighted by molar-refractivity contribution is 5.36. The number of nitrogens with zero attached hydrogens (tertiary/aromatic N) is 1. The predicted molar refractivity (Wildman–Crippen MR) is 63.0 cm³/mol. The molecule has 1 fully saturated rings. The van der Waals surface area contributed by atoms with Crippen molar-refractivity contribution in [1.82, 2.24) is 0 Å². The summed E-state index contributed by atoms with van der Waals surface area (Å²) in [6, 6.07) is 9.38. The second kappa shape index (κ2) is 6.24. The molecule has 0 aliphatic carbocycles. The maximum atomic E-state index is 8.77. The molecule has 0 atom stereocenters. The van der Waals surface area contributed by atoms with Crippen molar-refractivity contribution < 1.29 is 14.4 Å². The quantitative estimate of drug-likeness (QED) is 0.787. The van der Waals surface area contributed by atoms with Crippen LogP contribution in [0.15, 0.2) is 24.3 Å². The third-order valence-corrected chi connectivity index (χ3v) is 2.89. The number of morpholine rings is 1. The summed E-state index contributed by atoms with van der Waals surface area (Å²) in [7, 11) is 0. The zero-order valence-electron chi connectivity index (χ0n) is 9.82. The van der Waals surface area contributed by atoms with Gasteiger partial charge in [-0.25, -0.2) is 0 Å². The van der Waals surface area contributed by atoms with Gasteiger partial charge in [0.25, 0.3) is 0 Å². The Morgan fingerprint density at radius 2 is 2.18 bits per heavy atom. The average Bonchev–Trinajstić information content (AvgIpc) is 2.40. The number of ether oxygens (including phenoxy) is 2. The second-order valence-corrected chi connectivity index (χ2v) is 4.10. The van der Waals surface area contributed by atoms with Crippen LogP contribution in [0.2, 0.25) is 0 Å². The number of nitrogens with one attached hydrogen (secondary N) is 1. The van der Waals surface area contributed by atoms with Gasteiger partial charge in [-0.3, -0.25) is 0 Å². The molecule has 0 unspecified atom stereocenters. The van der Waals surface area contributed by atoms with E-state index in [4.69, 9.17) is 14.7 Å². The lowest BCUT2D eigenvalue weighted by Gasteiger charge is -2.23. The van der Waals surface area contributed by atoms with Gasteiger partial charge in [0.2, 0.25) is 0 Å². The first-order valence-electron chi connectivity index (χ1n) is 5.93. The van der Waals surface area contributed by atoms with Crippen LogP contribution in [-0.2, 0) is 4.74 Å². The monoisotopic (exact) mass is 233 g/mol. The van der Waals surface area contributed by atoms with Crippen LogP contribution in [0.5, 0.6) is 5.75 Å². The average molecular weight is 233 g/mol. The number of hydrogen-bond donors (Lipinski definition) is 1. The molecule has 90 valence electrons. The Bertz CT molecular complexity index is 395. The van der Waals surface area contributed by atoms with Crippen molar-refractivity contribution in [2.24, 2.45) is 0 Å². The Morgan fingerprint density at radius 1 is 1.35 bits per heavy atom. The van der Waals surface area contributed by atoms with E-state index in [2.05, 4.69) is 6.07 Å². The third-order valence-electron chi connectivity index (χ3n) is 2.89. The molecule has 1 aliphatic heterocycles. The lowest BCUT2D eigenvalue weighted by molar-refractivity contribution is -0.908. The SMILES string of the molecule is N#Cc1cccc(OCC[NH+]2CCOCC2)c1. The number of rotatable bonds is 4. The fraction of sp³-hybridized carbons (Fsp3) is 0.462. The van der Waals surface area contributed by atoms with E-state index < -0.39 is 0 Å². The van der Waals surface area contributed by atoms with Gasteiger partial charge in [-0.2, -0.15) is 5.26 Å². The molecule has 1 saturated heterocycles. The van der Waals surface area contributed by atoms with Crippen molar-refractivity contribution in [2.45, 2.75) is 0 Å². The minimum atomic E-state index is 0.640. The fourth-order valence-corrected chi connectivity index (χ4v) is 1.88. The lowest BCUT2D eigenvalue weighted by Crippen LogP contribution is -3.14. The molecule has 4 nitrogen and oxygen atoms in total. The van der Waals surface area contributed by atoms with Crippen LogP contribution in [0.25, 0.3) is 0 Å². The summed E-state index contributed by atoms with van der Waals surface area (Å²) >= 11 is 0. The highest BCUT2D eigenvalue weighted by Crippen LogP contribution is 2.11. The Balaban J connectivity index is 1.75. The molecule has 0 bridgehead atoms. The standard InChI is InChI=1S/C13H16N2O2/c14-11-12-2-1-3-13(10-12)17-9-6-15-4-7-16-8-5-15/h1-3,10H,4-9H2/p+1. The van der Waals surface area contributed by atoms with Crippen molar-refractivity contribution in [3.05, 3.63) is 29.8 Å². The molecule has 17 heavy (non-hydrogen) atoms. The van der Waals surface area contributed by atoms with Crippen LogP contribution in [0.4, 0.5) is 0 Å². The number of benzene rings is 1. The molecule has 1 heterocycles. The minimum Gasteiger partial charge on any atom is -0.488 e. The van der Waals surface area contributed by atoms with E-state index >= 15 is 0 Å². The molecule has 1 aromatic carbocycles. The van der Waals surface area contributed by atoms with E-state index in [9.17, 15) is 0 Å². The van der Waals surface area contributed by atoms with Crippen molar-refractivity contribution in [3.8, 4) is 11.8 Å². The van der Waals surface area contributed by atoms with Crippen LogP contribution < -0.4 is 9.64 Å². The van der Waals surface area contributed by atoms with Crippen LogP contribution >= 0.6 is 0 Å². The van der Waals surface area contributed by atoms with Gasteiger partial charge in [0.15, 0.2) is 0 Å². The van der Waals surface area contributed by atoms with E-state index in [-0.39, 0.29) is 0 Å². The molecule has 0 saturated carbocycles. The molecule has 0 radical (unpaired) electrons. The number of nitriles is 1. The largest absolute Gasteiger partial charge is 0.488 e. The molecule has 0 spiro atoms. The first-order chi connectivity index (χ1) is 8.38. The first-order valence-corrected chi connectivity index (χ1v) is 5.93. The van der Waals surface area contributed by atoms with Crippen LogP contribution in [-0.4, -0.2) is 39.5 Å². The molecule has 0 aromatic heterocycles. The maximum Gasteiger partial charge on any atom is 0.137 e. The topological polar surface area (TPSA) is 46.7 Å². The highest BCUT2D eigenvalue weighted by Gasteiger charge is 2.13. The van der Waals surface area contributed by atoms with Gasteiger partial charge in [0, 0.05) is 0 Å². The second-order valence-electron chi connectivity index (χ2n) is 4.10. The number of hydrogen-bond acceptors (Lipinski definition) is 3. The van der Waals surface area contributed by atoms with Gasteiger partial charge in [-0.15, -0.1) is 0 Å². The minimum absolute atomic E-state index is 0.640. The van der Waals surface area contributed by atoms with Crippen molar-refractivity contribution >= 4 is 0 Å². The molecule has 0 amide bonds. The highest BCUT2D eigenvalue weighted by atomic mass is 16.5. The summed E-state index contributed by atoms with van der Waals surface area (Å²) in [5.74, 6) is 0.775. The Kier molecular flexibility index (Phi) is 4.37. The zero-order chi connectivity index (χ0) is 11.9. The normalized spacial score (nSPS) is 16.4. The van der Waals surface area contributed by atoms with E-state index in [0.29, 0.717) is 12.2 Å². The molecular weight excluding hydrogens is 216 g/mol.